The van der Waals surface area contributed by atoms with Crippen LogP contribution >= 0.6 is 11.6 Å². The number of halogens is 4. The van der Waals surface area contributed by atoms with Gasteiger partial charge in [-0.1, -0.05) is 23.7 Å². The Morgan fingerprint density at radius 2 is 1.75 bits per heavy atom. The van der Waals surface area contributed by atoms with E-state index in [9.17, 15) is 18.0 Å². The van der Waals surface area contributed by atoms with Crippen LogP contribution in [0.5, 0.6) is 0 Å². The summed E-state index contributed by atoms with van der Waals surface area (Å²) in [6.07, 6.45) is -4.53. The maximum absolute atomic E-state index is 12.7. The van der Waals surface area contributed by atoms with Crippen molar-refractivity contribution < 1.29 is 23.1 Å². The number of rotatable bonds is 2. The average molecular weight is 302 g/mol. The zero-order chi connectivity index (χ0) is 14.9. The molecule has 0 radical (unpaired) electrons. The van der Waals surface area contributed by atoms with Gasteiger partial charge in [-0.15, -0.1) is 0 Å². The van der Waals surface area contributed by atoms with Gasteiger partial charge in [-0.05, 0) is 24.3 Å². The smallest absolute Gasteiger partial charge is 0.416 e. The molecule has 0 spiro atoms. The number of nitrogens with zero attached hydrogens (tertiary/aromatic N) is 1. The van der Waals surface area contributed by atoms with Crippen LogP contribution in [0.25, 0.3) is 11.3 Å². The Kier molecular flexibility index (Phi) is 3.67. The first-order valence-electron chi connectivity index (χ1n) is 5.36. The number of carboxylic acid groups (broad SMARTS) is 1. The van der Waals surface area contributed by atoms with E-state index in [0.717, 1.165) is 12.1 Å². The minimum Gasteiger partial charge on any atom is -0.478 e. The zero-order valence-electron chi connectivity index (χ0n) is 9.78. The van der Waals surface area contributed by atoms with Crippen molar-refractivity contribution in [3.63, 3.8) is 0 Å². The third-order valence-corrected chi connectivity index (χ3v) is 2.74. The summed E-state index contributed by atoms with van der Waals surface area (Å²) in [5.74, 6) is -1.12. The largest absolute Gasteiger partial charge is 0.478 e. The Morgan fingerprint density at radius 1 is 1.15 bits per heavy atom. The van der Waals surface area contributed by atoms with E-state index in [2.05, 4.69) is 4.98 Å². The lowest BCUT2D eigenvalue weighted by Crippen LogP contribution is -2.06. The van der Waals surface area contributed by atoms with E-state index in [1.807, 2.05) is 0 Å². The molecule has 20 heavy (non-hydrogen) atoms. The molecule has 1 N–H and O–H groups in total. The fourth-order valence-electron chi connectivity index (χ4n) is 1.59. The second-order valence-corrected chi connectivity index (χ2v) is 4.33. The fourth-order valence-corrected chi connectivity index (χ4v) is 1.80. The molecule has 1 aromatic heterocycles. The van der Waals surface area contributed by atoms with Gasteiger partial charge in [0.1, 0.15) is 5.15 Å². The molecule has 0 bridgehead atoms. The standard InChI is InChI=1S/C13H7ClF3NO2/c14-11-6-9(13(15,16)17)5-10(18-11)7-1-3-8(4-2-7)12(19)20/h1-6H,(H,19,20). The van der Waals surface area contributed by atoms with Crippen LogP contribution in [0.4, 0.5) is 13.2 Å². The van der Waals surface area contributed by atoms with Crippen molar-refractivity contribution in [2.24, 2.45) is 0 Å². The molecule has 0 amide bonds. The number of carbonyl (C=O) groups is 1. The lowest BCUT2D eigenvalue weighted by atomic mass is 10.1. The van der Waals surface area contributed by atoms with Crippen molar-refractivity contribution in [3.05, 3.63) is 52.7 Å². The van der Waals surface area contributed by atoms with Gasteiger partial charge in [0.2, 0.25) is 0 Å². The normalized spacial score (nSPS) is 11.4. The van der Waals surface area contributed by atoms with Crippen LogP contribution in [0.3, 0.4) is 0 Å². The third kappa shape index (κ3) is 3.08. The predicted octanol–water partition coefficient (Wildman–Crippen LogP) is 4.12. The summed E-state index contributed by atoms with van der Waals surface area (Å²) in [6.45, 7) is 0. The van der Waals surface area contributed by atoms with E-state index >= 15 is 0 Å². The number of carboxylic acids is 1. The minimum absolute atomic E-state index is 0.0294. The van der Waals surface area contributed by atoms with Crippen LogP contribution in [0.2, 0.25) is 5.15 Å². The molecule has 0 unspecified atom stereocenters. The highest BCUT2D eigenvalue weighted by molar-refractivity contribution is 6.29. The number of pyridine rings is 1. The second-order valence-electron chi connectivity index (χ2n) is 3.94. The highest BCUT2D eigenvalue weighted by Crippen LogP contribution is 2.33. The van der Waals surface area contributed by atoms with Crippen molar-refractivity contribution in [1.82, 2.24) is 4.98 Å². The van der Waals surface area contributed by atoms with Crippen LogP contribution in [0.1, 0.15) is 15.9 Å². The second kappa shape index (κ2) is 5.13. The highest BCUT2D eigenvalue weighted by atomic mass is 35.5. The summed E-state index contributed by atoms with van der Waals surface area (Å²) in [5, 5.41) is 8.48. The van der Waals surface area contributed by atoms with E-state index in [4.69, 9.17) is 16.7 Å². The summed E-state index contributed by atoms with van der Waals surface area (Å²) < 4.78 is 38.0. The van der Waals surface area contributed by atoms with Gasteiger partial charge in [0, 0.05) is 5.56 Å². The number of hydrogen-bond donors (Lipinski definition) is 1. The molecule has 7 heteroatoms. The van der Waals surface area contributed by atoms with Gasteiger partial charge in [-0.3, -0.25) is 0 Å². The van der Waals surface area contributed by atoms with Gasteiger partial charge in [-0.25, -0.2) is 9.78 Å². The molecule has 0 aliphatic heterocycles. The first-order valence-corrected chi connectivity index (χ1v) is 5.73. The molecule has 1 aromatic carbocycles. The number of benzene rings is 1. The molecule has 0 saturated carbocycles. The summed E-state index contributed by atoms with van der Waals surface area (Å²) in [6, 6.07) is 6.92. The number of alkyl halides is 3. The van der Waals surface area contributed by atoms with Gasteiger partial charge < -0.3 is 5.11 Å². The maximum atomic E-state index is 12.7. The summed E-state index contributed by atoms with van der Waals surface area (Å²) in [7, 11) is 0. The Bertz CT molecular complexity index is 654. The Labute approximate surface area is 116 Å². The summed E-state index contributed by atoms with van der Waals surface area (Å²) in [4.78, 5) is 14.5. The lowest BCUT2D eigenvalue weighted by molar-refractivity contribution is -0.137. The van der Waals surface area contributed by atoms with Crippen molar-refractivity contribution in [2.45, 2.75) is 6.18 Å². The predicted molar refractivity (Wildman–Crippen MR) is 66.6 cm³/mol. The number of aromatic carboxylic acids is 1. The molecule has 0 saturated heterocycles. The molecule has 0 atom stereocenters. The Balaban J connectivity index is 2.47. The average Bonchev–Trinajstić information content (AvgIpc) is 2.37. The minimum atomic E-state index is -4.53. The Morgan fingerprint density at radius 3 is 2.25 bits per heavy atom. The molecular weight excluding hydrogens is 295 g/mol. The van der Waals surface area contributed by atoms with Crippen molar-refractivity contribution >= 4 is 17.6 Å². The molecular formula is C13H7ClF3NO2. The van der Waals surface area contributed by atoms with Gasteiger partial charge in [-0.2, -0.15) is 13.2 Å². The van der Waals surface area contributed by atoms with E-state index in [0.29, 0.717) is 5.56 Å². The molecule has 2 rings (SSSR count). The zero-order valence-corrected chi connectivity index (χ0v) is 10.5. The highest BCUT2D eigenvalue weighted by Gasteiger charge is 2.31. The topological polar surface area (TPSA) is 50.2 Å². The number of hydrogen-bond acceptors (Lipinski definition) is 2. The molecule has 1 heterocycles. The monoisotopic (exact) mass is 301 g/mol. The van der Waals surface area contributed by atoms with Crippen LogP contribution in [-0.4, -0.2) is 16.1 Å². The maximum Gasteiger partial charge on any atom is 0.416 e. The lowest BCUT2D eigenvalue weighted by Gasteiger charge is -2.09. The van der Waals surface area contributed by atoms with E-state index < -0.39 is 17.7 Å². The van der Waals surface area contributed by atoms with Crippen molar-refractivity contribution in [3.8, 4) is 11.3 Å². The van der Waals surface area contributed by atoms with E-state index in [1.54, 1.807) is 0 Å². The molecule has 2 aromatic rings. The van der Waals surface area contributed by atoms with Crippen LogP contribution in [-0.2, 0) is 6.18 Å². The first-order chi connectivity index (χ1) is 9.27. The van der Waals surface area contributed by atoms with Crippen LogP contribution in [0.15, 0.2) is 36.4 Å². The molecule has 0 fully saturated rings. The quantitative estimate of drug-likeness (QED) is 0.849. The molecule has 104 valence electrons. The van der Waals surface area contributed by atoms with Crippen LogP contribution < -0.4 is 0 Å². The summed E-state index contributed by atoms with van der Waals surface area (Å²) in [5.41, 5.74) is -0.494. The Hall–Kier alpha value is -2.08. The SMILES string of the molecule is O=C(O)c1ccc(-c2cc(C(F)(F)F)cc(Cl)n2)cc1. The van der Waals surface area contributed by atoms with Gasteiger partial charge >= 0.3 is 12.1 Å². The number of aromatic nitrogens is 1. The third-order valence-electron chi connectivity index (χ3n) is 2.55. The van der Waals surface area contributed by atoms with E-state index in [1.165, 1.54) is 24.3 Å². The molecule has 3 nitrogen and oxygen atoms in total. The van der Waals surface area contributed by atoms with E-state index in [-0.39, 0.29) is 16.4 Å². The van der Waals surface area contributed by atoms with Gasteiger partial charge in [0.15, 0.2) is 0 Å². The van der Waals surface area contributed by atoms with Gasteiger partial charge in [0.05, 0.1) is 16.8 Å². The molecule has 0 aliphatic rings. The first kappa shape index (κ1) is 14.3. The summed E-state index contributed by atoms with van der Waals surface area (Å²) >= 11 is 5.58. The van der Waals surface area contributed by atoms with Crippen LogP contribution in [0, 0.1) is 0 Å². The van der Waals surface area contributed by atoms with Crippen molar-refractivity contribution in [2.75, 3.05) is 0 Å². The van der Waals surface area contributed by atoms with Crippen molar-refractivity contribution in [1.29, 1.82) is 0 Å². The molecule has 0 aliphatic carbocycles. The fraction of sp³-hybridized carbons (Fsp3) is 0.0769. The van der Waals surface area contributed by atoms with Gasteiger partial charge in [0.25, 0.3) is 0 Å².